The molecule has 16 aromatic rings. The molecule has 0 amide bonds. The van der Waals surface area contributed by atoms with Crippen molar-refractivity contribution in [2.24, 2.45) is 0 Å². The SMILES string of the molecule is CC(C)(C)c1ccc2c(c1)c1ccccc1n2-c1cc(-c2c(C#N)cccc2C(F)(F)F)c(-n2c3ccccc3c3cc(C(C)(C)CCC(C)(C)c4ccc5c6ccccc6n(-c6cc(-c7c(C#N)cccc7C(F)(F)F)c(-n7c8ccccc8c8ccc(C(C)(C)C)cc87)cc6C#N)c5c4)ccc32)cc1C#N. The molecule has 0 aliphatic heterocycles. The summed E-state index contributed by atoms with van der Waals surface area (Å²) < 4.78 is 102. The third kappa shape index (κ3) is 11.2. The first-order valence-corrected chi connectivity index (χ1v) is 36.0. The van der Waals surface area contributed by atoms with E-state index in [1.165, 1.54) is 24.3 Å². The van der Waals surface area contributed by atoms with E-state index in [1.54, 1.807) is 24.3 Å². The number of hydrogen-bond donors (Lipinski definition) is 0. The van der Waals surface area contributed by atoms with E-state index in [0.29, 0.717) is 46.5 Å². The van der Waals surface area contributed by atoms with Gasteiger partial charge in [-0.1, -0.05) is 191 Å². The van der Waals surface area contributed by atoms with Crippen LogP contribution in [0, 0.1) is 45.3 Å². The van der Waals surface area contributed by atoms with E-state index in [-0.39, 0.29) is 61.0 Å². The zero-order valence-corrected chi connectivity index (χ0v) is 61.2. The van der Waals surface area contributed by atoms with Gasteiger partial charge in [-0.3, -0.25) is 0 Å². The Morgan fingerprint density at radius 2 is 0.565 bits per heavy atom. The van der Waals surface area contributed by atoms with Crippen LogP contribution in [-0.2, 0) is 34.0 Å². The molecule has 530 valence electrons. The largest absolute Gasteiger partial charge is 0.417 e. The minimum atomic E-state index is -4.89. The minimum Gasteiger partial charge on any atom is -0.309 e. The van der Waals surface area contributed by atoms with Gasteiger partial charge in [-0.15, -0.1) is 0 Å². The molecule has 108 heavy (non-hydrogen) atoms. The van der Waals surface area contributed by atoms with Gasteiger partial charge in [0.1, 0.15) is 12.1 Å². The van der Waals surface area contributed by atoms with Gasteiger partial charge < -0.3 is 18.3 Å². The maximum Gasteiger partial charge on any atom is 0.417 e. The first-order chi connectivity index (χ1) is 51.4. The first-order valence-electron chi connectivity index (χ1n) is 36.0. The van der Waals surface area contributed by atoms with E-state index in [0.717, 1.165) is 105 Å². The summed E-state index contributed by atoms with van der Waals surface area (Å²) >= 11 is 0. The molecule has 4 heterocycles. The van der Waals surface area contributed by atoms with Crippen LogP contribution < -0.4 is 0 Å². The molecule has 0 aliphatic carbocycles. The minimum absolute atomic E-state index is 0.109. The standard InChI is InChI=1S/C94H72F6N8/c1-89(2,3)59-35-39-79-69(45-59)65-25-13-17-31-77(65)105(79)81-49-71(87-55(51-101)21-19-27-73(87)93(95,96)97)83(43-57(81)53-103)106-78-32-18-14-26-66(78)70-46-61(36-40-80(70)106)91(7,8)41-42-92(9,10)62-34-38-68-63-23-11-15-29-75(63)107(86(68)48-62)82-50-72(88-56(52-102)22-20-28-74(88)94(98,99)100)84(44-58(82)54-104)108-76-30-16-12-24-64(76)67-37-33-60(47-85(67)108)90(4,5)6/h11-40,43-50H,41-42H2,1-10H3. The third-order valence-electron chi connectivity index (χ3n) is 22.3. The van der Waals surface area contributed by atoms with E-state index >= 15 is 26.3 Å². The van der Waals surface area contributed by atoms with Crippen molar-refractivity contribution in [3.63, 3.8) is 0 Å². The lowest BCUT2D eigenvalue weighted by Gasteiger charge is -2.32. The molecule has 0 saturated carbocycles. The fourth-order valence-corrected chi connectivity index (χ4v) is 16.4. The highest BCUT2D eigenvalue weighted by Gasteiger charge is 2.39. The number of aromatic nitrogens is 4. The van der Waals surface area contributed by atoms with Gasteiger partial charge in [-0.05, 0) is 166 Å². The predicted molar refractivity (Wildman–Crippen MR) is 423 cm³/mol. The van der Waals surface area contributed by atoms with Crippen molar-refractivity contribution in [3.05, 3.63) is 286 Å². The van der Waals surface area contributed by atoms with Gasteiger partial charge in [0.25, 0.3) is 0 Å². The molecule has 0 N–H and O–H groups in total. The van der Waals surface area contributed by atoms with Gasteiger partial charge in [0.2, 0.25) is 0 Å². The van der Waals surface area contributed by atoms with Gasteiger partial charge in [-0.25, -0.2) is 0 Å². The molecule has 0 bridgehead atoms. The van der Waals surface area contributed by atoms with Crippen LogP contribution in [0.4, 0.5) is 26.3 Å². The van der Waals surface area contributed by atoms with E-state index < -0.39 is 34.3 Å². The molecular weight excluding hydrogens is 1360 g/mol. The number of fused-ring (bicyclic) bond motifs is 12. The molecule has 0 saturated heterocycles. The Hall–Kier alpha value is -12.6. The number of hydrogen-bond acceptors (Lipinski definition) is 4. The summed E-state index contributed by atoms with van der Waals surface area (Å²) in [5.74, 6) is 0. The third-order valence-corrected chi connectivity index (χ3v) is 22.3. The van der Waals surface area contributed by atoms with Gasteiger partial charge >= 0.3 is 12.4 Å². The zero-order chi connectivity index (χ0) is 76.1. The van der Waals surface area contributed by atoms with Crippen molar-refractivity contribution in [1.82, 2.24) is 18.3 Å². The Bertz CT molecular complexity index is 6680. The number of nitriles is 4. The summed E-state index contributed by atoms with van der Waals surface area (Å²) in [6.45, 7) is 21.5. The van der Waals surface area contributed by atoms with Gasteiger partial charge in [0.15, 0.2) is 0 Å². The molecule has 0 spiro atoms. The predicted octanol–water partition coefficient (Wildman–Crippen LogP) is 25.6. The second-order valence-corrected chi connectivity index (χ2v) is 31.8. The second kappa shape index (κ2) is 25.0. The summed E-state index contributed by atoms with van der Waals surface area (Å²) in [5, 5.41) is 51.6. The fourth-order valence-electron chi connectivity index (χ4n) is 16.4. The molecule has 0 aliphatic rings. The van der Waals surface area contributed by atoms with Crippen molar-refractivity contribution < 1.29 is 26.3 Å². The Balaban J connectivity index is 0.824. The Morgan fingerprint density at radius 3 is 0.963 bits per heavy atom. The number of halogens is 6. The average molecular weight is 1430 g/mol. The summed E-state index contributed by atoms with van der Waals surface area (Å²) in [6, 6.07) is 79.1. The molecule has 14 heteroatoms. The average Bonchev–Trinajstić information content (AvgIpc) is 1.51. The number of para-hydroxylation sites is 4. The molecule has 0 atom stereocenters. The highest BCUT2D eigenvalue weighted by atomic mass is 19.4. The number of nitrogens with zero attached hydrogens (tertiary/aromatic N) is 8. The quantitative estimate of drug-likeness (QED) is 0.120. The van der Waals surface area contributed by atoms with Crippen molar-refractivity contribution in [1.29, 1.82) is 21.0 Å². The number of rotatable bonds is 11. The molecule has 12 aromatic carbocycles. The summed E-state index contributed by atoms with van der Waals surface area (Å²) in [7, 11) is 0. The lowest BCUT2D eigenvalue weighted by molar-refractivity contribution is -0.137. The van der Waals surface area contributed by atoms with Crippen LogP contribution in [0.3, 0.4) is 0 Å². The Morgan fingerprint density at radius 1 is 0.269 bits per heavy atom. The monoisotopic (exact) mass is 1430 g/mol. The maximum absolute atomic E-state index is 15.8. The van der Waals surface area contributed by atoms with E-state index in [1.807, 2.05) is 140 Å². The first kappa shape index (κ1) is 69.7. The van der Waals surface area contributed by atoms with E-state index in [9.17, 15) is 21.0 Å². The maximum atomic E-state index is 15.8. The Kier molecular flexibility index (Phi) is 16.2. The van der Waals surface area contributed by atoms with Crippen LogP contribution >= 0.6 is 0 Å². The van der Waals surface area contributed by atoms with Crippen molar-refractivity contribution in [3.8, 4) is 69.3 Å². The van der Waals surface area contributed by atoms with Crippen LogP contribution in [0.1, 0.15) is 138 Å². The smallest absolute Gasteiger partial charge is 0.309 e. The number of benzene rings is 12. The molecule has 0 unspecified atom stereocenters. The van der Waals surface area contributed by atoms with Crippen LogP contribution in [-0.4, -0.2) is 18.3 Å². The van der Waals surface area contributed by atoms with Crippen molar-refractivity contribution >= 4 is 87.2 Å². The van der Waals surface area contributed by atoms with E-state index in [2.05, 4.69) is 142 Å². The topological polar surface area (TPSA) is 115 Å². The van der Waals surface area contributed by atoms with Crippen LogP contribution in [0.5, 0.6) is 0 Å². The molecule has 0 fully saturated rings. The highest BCUT2D eigenvalue weighted by molar-refractivity contribution is 6.14. The molecular formula is C94H72F6N8. The second-order valence-electron chi connectivity index (χ2n) is 31.8. The molecule has 4 aromatic heterocycles. The zero-order valence-electron chi connectivity index (χ0n) is 61.2. The van der Waals surface area contributed by atoms with Gasteiger partial charge in [-0.2, -0.15) is 47.4 Å². The van der Waals surface area contributed by atoms with Crippen LogP contribution in [0.25, 0.3) is 132 Å². The molecule has 16 rings (SSSR count). The fraction of sp³-hybridized carbons (Fsp3) is 0.191. The van der Waals surface area contributed by atoms with E-state index in [4.69, 9.17) is 0 Å². The van der Waals surface area contributed by atoms with Crippen LogP contribution in [0.15, 0.2) is 231 Å². The van der Waals surface area contributed by atoms with Gasteiger partial charge in [0.05, 0.1) is 112 Å². The Labute approximate surface area is 621 Å². The molecule has 8 nitrogen and oxygen atoms in total. The summed E-state index contributed by atoms with van der Waals surface area (Å²) in [6.07, 6.45) is -8.45. The highest BCUT2D eigenvalue weighted by Crippen LogP contribution is 2.51. The molecule has 0 radical (unpaired) electrons. The lowest BCUT2D eigenvalue weighted by atomic mass is 9.72. The normalized spacial score (nSPS) is 12.7. The number of alkyl halides is 6. The summed E-state index contributed by atoms with van der Waals surface area (Å²) in [4.78, 5) is 0. The summed E-state index contributed by atoms with van der Waals surface area (Å²) in [5.41, 5.74) is 7.18. The van der Waals surface area contributed by atoms with Gasteiger partial charge in [0, 0.05) is 65.3 Å². The van der Waals surface area contributed by atoms with Crippen molar-refractivity contribution in [2.75, 3.05) is 0 Å². The lowest BCUT2D eigenvalue weighted by Crippen LogP contribution is -2.24. The van der Waals surface area contributed by atoms with Crippen molar-refractivity contribution in [2.45, 2.75) is 116 Å². The van der Waals surface area contributed by atoms with Crippen LogP contribution in [0.2, 0.25) is 0 Å².